The molecule has 6 unspecified atom stereocenters. The average molecular weight is 162 g/mol. The summed E-state index contributed by atoms with van der Waals surface area (Å²) in [6.07, 6.45) is 9.66. The molecule has 0 aromatic carbocycles. The Morgan fingerprint density at radius 3 is 1.58 bits per heavy atom. The molecule has 4 aliphatic rings. The van der Waals surface area contributed by atoms with Gasteiger partial charge in [0.25, 0.3) is 0 Å². The van der Waals surface area contributed by atoms with Crippen LogP contribution in [0, 0.1) is 35.5 Å². The van der Waals surface area contributed by atoms with Crippen LogP contribution in [0.15, 0.2) is 0 Å². The van der Waals surface area contributed by atoms with Crippen molar-refractivity contribution in [1.29, 1.82) is 0 Å². The van der Waals surface area contributed by atoms with Crippen LogP contribution in [0.2, 0.25) is 0 Å². The summed E-state index contributed by atoms with van der Waals surface area (Å²) in [5.74, 6) is 7.34. The van der Waals surface area contributed by atoms with Gasteiger partial charge in [-0.3, -0.25) is 0 Å². The van der Waals surface area contributed by atoms with Crippen LogP contribution in [0.1, 0.15) is 38.5 Å². The molecule has 0 bridgehead atoms. The third-order valence-electron chi connectivity index (χ3n) is 5.55. The second kappa shape index (κ2) is 1.91. The lowest BCUT2D eigenvalue weighted by molar-refractivity contribution is -0.0618. The zero-order valence-electron chi connectivity index (χ0n) is 7.71. The Morgan fingerprint density at radius 1 is 0.500 bits per heavy atom. The van der Waals surface area contributed by atoms with E-state index in [0.717, 1.165) is 0 Å². The minimum absolute atomic E-state index is 1.22. The van der Waals surface area contributed by atoms with Crippen LogP contribution >= 0.6 is 0 Å². The van der Waals surface area contributed by atoms with Gasteiger partial charge in [-0.1, -0.05) is 0 Å². The summed E-state index contributed by atoms with van der Waals surface area (Å²) < 4.78 is 0. The van der Waals surface area contributed by atoms with Gasteiger partial charge < -0.3 is 0 Å². The number of hydrogen-bond acceptors (Lipinski definition) is 0. The molecule has 66 valence electrons. The van der Waals surface area contributed by atoms with Gasteiger partial charge in [0.05, 0.1) is 0 Å². The van der Waals surface area contributed by atoms with Crippen molar-refractivity contribution in [2.24, 2.45) is 35.5 Å². The molecule has 6 atom stereocenters. The van der Waals surface area contributed by atoms with E-state index in [-0.39, 0.29) is 0 Å². The largest absolute Gasteiger partial charge is 0.0499 e. The van der Waals surface area contributed by atoms with E-state index in [0.29, 0.717) is 0 Å². The molecule has 0 aromatic heterocycles. The normalized spacial score (nSPS) is 66.0. The van der Waals surface area contributed by atoms with Crippen molar-refractivity contribution in [2.45, 2.75) is 38.5 Å². The van der Waals surface area contributed by atoms with Crippen LogP contribution in [0.5, 0.6) is 0 Å². The first-order chi connectivity index (χ1) is 5.93. The van der Waals surface area contributed by atoms with Crippen LogP contribution in [0.25, 0.3) is 0 Å². The lowest BCUT2D eigenvalue weighted by Gasteiger charge is -2.56. The highest BCUT2D eigenvalue weighted by molar-refractivity contribution is 5.07. The van der Waals surface area contributed by atoms with E-state index in [2.05, 4.69) is 0 Å². The minimum Gasteiger partial charge on any atom is -0.0499 e. The van der Waals surface area contributed by atoms with Gasteiger partial charge in [-0.05, 0) is 74.0 Å². The van der Waals surface area contributed by atoms with Gasteiger partial charge in [0, 0.05) is 0 Å². The average Bonchev–Trinajstić information content (AvgIpc) is 2.71. The van der Waals surface area contributed by atoms with E-state index in [1.54, 1.807) is 38.5 Å². The van der Waals surface area contributed by atoms with E-state index < -0.39 is 0 Å². The zero-order valence-corrected chi connectivity index (χ0v) is 7.71. The van der Waals surface area contributed by atoms with Crippen LogP contribution in [-0.4, -0.2) is 0 Å². The van der Waals surface area contributed by atoms with Crippen LogP contribution in [0.3, 0.4) is 0 Å². The Balaban J connectivity index is 1.51. The molecular formula is C12H18. The molecule has 0 N–H and O–H groups in total. The maximum atomic E-state index is 1.64. The predicted molar refractivity (Wildman–Crippen MR) is 48.6 cm³/mol. The summed E-state index contributed by atoms with van der Waals surface area (Å²) in [7, 11) is 0. The fourth-order valence-electron chi connectivity index (χ4n) is 4.55. The zero-order chi connectivity index (χ0) is 7.71. The Labute approximate surface area is 74.7 Å². The first-order valence-corrected chi connectivity index (χ1v) is 5.93. The minimum atomic E-state index is 1.22. The number of hydrogen-bond donors (Lipinski definition) is 0. The molecule has 0 aliphatic heterocycles. The number of fused-ring (bicyclic) bond motifs is 2. The summed E-state index contributed by atoms with van der Waals surface area (Å²) >= 11 is 0. The van der Waals surface area contributed by atoms with E-state index >= 15 is 0 Å². The summed E-state index contributed by atoms with van der Waals surface area (Å²) in [5.41, 5.74) is 0. The fourth-order valence-corrected chi connectivity index (χ4v) is 4.55. The molecule has 0 aromatic rings. The second-order valence-corrected chi connectivity index (χ2v) is 5.80. The summed E-state index contributed by atoms with van der Waals surface area (Å²) in [6.45, 7) is 0. The van der Waals surface area contributed by atoms with Gasteiger partial charge in [0.2, 0.25) is 0 Å². The van der Waals surface area contributed by atoms with Crippen molar-refractivity contribution < 1.29 is 0 Å². The Kier molecular flexibility index (Phi) is 1.03. The van der Waals surface area contributed by atoms with Crippen molar-refractivity contribution in [3.05, 3.63) is 0 Å². The fraction of sp³-hybridized carbons (Fsp3) is 1.00. The molecule has 0 heteroatoms. The molecule has 4 fully saturated rings. The lowest BCUT2D eigenvalue weighted by atomic mass is 9.49. The molecule has 4 saturated carbocycles. The van der Waals surface area contributed by atoms with Crippen molar-refractivity contribution in [1.82, 2.24) is 0 Å². The molecule has 0 nitrogen and oxygen atoms in total. The Hall–Kier alpha value is 0. The van der Waals surface area contributed by atoms with E-state index in [1.807, 2.05) is 0 Å². The van der Waals surface area contributed by atoms with Gasteiger partial charge in [0.15, 0.2) is 0 Å². The van der Waals surface area contributed by atoms with E-state index in [9.17, 15) is 0 Å². The van der Waals surface area contributed by atoms with Gasteiger partial charge in [-0.25, -0.2) is 0 Å². The van der Waals surface area contributed by atoms with Crippen molar-refractivity contribution in [3.8, 4) is 0 Å². The smallest absolute Gasteiger partial charge is 0.0349 e. The quantitative estimate of drug-likeness (QED) is 0.556. The van der Waals surface area contributed by atoms with Crippen LogP contribution in [-0.2, 0) is 0 Å². The first-order valence-electron chi connectivity index (χ1n) is 5.93. The molecule has 12 heavy (non-hydrogen) atoms. The summed E-state index contributed by atoms with van der Waals surface area (Å²) in [5, 5.41) is 0. The summed E-state index contributed by atoms with van der Waals surface area (Å²) in [6, 6.07) is 0. The molecule has 0 amide bonds. The monoisotopic (exact) mass is 162 g/mol. The predicted octanol–water partition coefficient (Wildman–Crippen LogP) is 3.08. The maximum absolute atomic E-state index is 1.64. The highest BCUT2D eigenvalue weighted by Crippen LogP contribution is 2.66. The van der Waals surface area contributed by atoms with E-state index in [1.165, 1.54) is 35.5 Å². The molecule has 0 heterocycles. The van der Waals surface area contributed by atoms with Gasteiger partial charge >= 0.3 is 0 Å². The second-order valence-electron chi connectivity index (χ2n) is 5.80. The SMILES string of the molecule is C1CC(C2CC3CCC32)C2CC12. The van der Waals surface area contributed by atoms with Crippen molar-refractivity contribution in [3.63, 3.8) is 0 Å². The van der Waals surface area contributed by atoms with Crippen molar-refractivity contribution in [2.75, 3.05) is 0 Å². The molecule has 0 spiro atoms. The Morgan fingerprint density at radius 2 is 1.17 bits per heavy atom. The standard InChI is InChI=1S/C12H18/c1-3-9-7(1)6-12(9)10-4-2-8-5-11(8)10/h7-12H,1-6H2. The third kappa shape index (κ3) is 0.625. The molecule has 4 rings (SSSR count). The highest BCUT2D eigenvalue weighted by atomic mass is 14.6. The van der Waals surface area contributed by atoms with Crippen molar-refractivity contribution >= 4 is 0 Å². The topological polar surface area (TPSA) is 0 Å². The van der Waals surface area contributed by atoms with Gasteiger partial charge in [0.1, 0.15) is 0 Å². The number of rotatable bonds is 1. The third-order valence-corrected chi connectivity index (χ3v) is 5.55. The lowest BCUT2D eigenvalue weighted by Crippen LogP contribution is -2.47. The Bertz CT molecular complexity index is 220. The van der Waals surface area contributed by atoms with Crippen LogP contribution in [0.4, 0.5) is 0 Å². The van der Waals surface area contributed by atoms with Crippen LogP contribution < -0.4 is 0 Å². The molecule has 4 aliphatic carbocycles. The maximum Gasteiger partial charge on any atom is -0.0349 e. The molecule has 0 radical (unpaired) electrons. The highest BCUT2D eigenvalue weighted by Gasteiger charge is 2.57. The van der Waals surface area contributed by atoms with Gasteiger partial charge in [-0.2, -0.15) is 0 Å². The summed E-state index contributed by atoms with van der Waals surface area (Å²) in [4.78, 5) is 0. The first kappa shape index (κ1) is 6.45. The van der Waals surface area contributed by atoms with E-state index in [4.69, 9.17) is 0 Å². The van der Waals surface area contributed by atoms with Gasteiger partial charge in [-0.15, -0.1) is 0 Å². The molecule has 0 saturated heterocycles. The molecular weight excluding hydrogens is 144 g/mol.